The Kier molecular flexibility index (Phi) is 3.82. The highest BCUT2D eigenvalue weighted by atomic mass is 35.5. The molecule has 0 aliphatic carbocycles. The third kappa shape index (κ3) is 2.46. The zero-order valence-electron chi connectivity index (χ0n) is 10.5. The van der Waals surface area contributed by atoms with E-state index in [1.165, 1.54) is 10.2 Å². The number of aryl methyl sites for hydroxylation is 2. The topological polar surface area (TPSA) is 34.9 Å². The molecule has 0 saturated carbocycles. The smallest absolute Gasteiger partial charge is 0.267 e. The Hall–Kier alpha value is -1.61. The first-order valence-electron chi connectivity index (χ1n) is 5.88. The summed E-state index contributed by atoms with van der Waals surface area (Å²) >= 11 is 5.77. The summed E-state index contributed by atoms with van der Waals surface area (Å²) in [5, 5.41) is 4.25. The van der Waals surface area contributed by atoms with Crippen LogP contribution in [0.1, 0.15) is 18.1 Å². The summed E-state index contributed by atoms with van der Waals surface area (Å²) in [5.74, 6) is 0.204. The zero-order chi connectivity index (χ0) is 13.1. The SMILES string of the molecule is CCc1ccc(-c2cc(CCl)c(=O)n(C)n2)cc1. The van der Waals surface area contributed by atoms with Crippen LogP contribution in [0.3, 0.4) is 0 Å². The molecule has 18 heavy (non-hydrogen) atoms. The first-order valence-corrected chi connectivity index (χ1v) is 6.41. The average Bonchev–Trinajstić information content (AvgIpc) is 2.42. The Morgan fingerprint density at radius 2 is 1.94 bits per heavy atom. The summed E-state index contributed by atoms with van der Waals surface area (Å²) in [5.41, 5.74) is 3.48. The Morgan fingerprint density at radius 1 is 1.28 bits per heavy atom. The molecular formula is C14H15ClN2O. The molecule has 0 radical (unpaired) electrons. The van der Waals surface area contributed by atoms with Crippen LogP contribution in [-0.4, -0.2) is 9.78 Å². The monoisotopic (exact) mass is 262 g/mol. The molecule has 1 aromatic carbocycles. The molecule has 4 heteroatoms. The van der Waals surface area contributed by atoms with Crippen LogP contribution < -0.4 is 5.56 Å². The summed E-state index contributed by atoms with van der Waals surface area (Å²) in [7, 11) is 1.64. The van der Waals surface area contributed by atoms with Crippen LogP contribution >= 0.6 is 11.6 Å². The minimum absolute atomic E-state index is 0.140. The van der Waals surface area contributed by atoms with Gasteiger partial charge in [0.2, 0.25) is 0 Å². The number of halogens is 1. The second-order valence-corrected chi connectivity index (χ2v) is 4.43. The minimum atomic E-state index is -0.140. The number of hydrogen-bond acceptors (Lipinski definition) is 2. The third-order valence-corrected chi connectivity index (χ3v) is 3.23. The van der Waals surface area contributed by atoms with E-state index in [-0.39, 0.29) is 11.4 Å². The molecular weight excluding hydrogens is 248 g/mol. The van der Waals surface area contributed by atoms with Gasteiger partial charge in [0.05, 0.1) is 11.6 Å². The molecule has 0 aliphatic rings. The van der Waals surface area contributed by atoms with Gasteiger partial charge in [-0.3, -0.25) is 4.79 Å². The number of nitrogens with zero attached hydrogens (tertiary/aromatic N) is 2. The van der Waals surface area contributed by atoms with Crippen LogP contribution in [0.15, 0.2) is 35.1 Å². The average molecular weight is 263 g/mol. The molecule has 0 spiro atoms. The standard InChI is InChI=1S/C14H15ClN2O/c1-3-10-4-6-11(7-5-10)13-8-12(9-15)14(18)17(2)16-13/h4-8H,3,9H2,1-2H3. The quantitative estimate of drug-likeness (QED) is 0.798. The molecule has 0 bridgehead atoms. The lowest BCUT2D eigenvalue weighted by Crippen LogP contribution is -2.23. The molecule has 0 N–H and O–H groups in total. The number of alkyl halides is 1. The van der Waals surface area contributed by atoms with E-state index in [9.17, 15) is 4.79 Å². The van der Waals surface area contributed by atoms with Gasteiger partial charge in [-0.15, -0.1) is 11.6 Å². The molecule has 2 aromatic rings. The maximum Gasteiger partial charge on any atom is 0.270 e. The van der Waals surface area contributed by atoms with Crippen molar-refractivity contribution < 1.29 is 0 Å². The largest absolute Gasteiger partial charge is 0.270 e. The lowest BCUT2D eigenvalue weighted by Gasteiger charge is -2.06. The van der Waals surface area contributed by atoms with Crippen molar-refractivity contribution in [1.82, 2.24) is 9.78 Å². The summed E-state index contributed by atoms with van der Waals surface area (Å²) in [4.78, 5) is 11.7. The molecule has 0 saturated heterocycles. The van der Waals surface area contributed by atoms with E-state index in [1.54, 1.807) is 13.1 Å². The van der Waals surface area contributed by atoms with E-state index in [4.69, 9.17) is 11.6 Å². The number of aromatic nitrogens is 2. The fourth-order valence-electron chi connectivity index (χ4n) is 1.82. The van der Waals surface area contributed by atoms with Gasteiger partial charge in [0, 0.05) is 18.2 Å². The van der Waals surface area contributed by atoms with Gasteiger partial charge >= 0.3 is 0 Å². The first-order chi connectivity index (χ1) is 8.65. The van der Waals surface area contributed by atoms with E-state index in [0.29, 0.717) is 5.56 Å². The molecule has 0 amide bonds. The molecule has 1 heterocycles. The number of rotatable bonds is 3. The van der Waals surface area contributed by atoms with Gasteiger partial charge in [0.15, 0.2) is 0 Å². The molecule has 0 fully saturated rings. The summed E-state index contributed by atoms with van der Waals surface area (Å²) in [6.07, 6.45) is 1.01. The van der Waals surface area contributed by atoms with Gasteiger partial charge in [-0.05, 0) is 18.1 Å². The van der Waals surface area contributed by atoms with Crippen LogP contribution in [0.2, 0.25) is 0 Å². The second-order valence-electron chi connectivity index (χ2n) is 4.17. The maximum atomic E-state index is 11.7. The van der Waals surface area contributed by atoms with E-state index < -0.39 is 0 Å². The van der Waals surface area contributed by atoms with E-state index >= 15 is 0 Å². The van der Waals surface area contributed by atoms with Gasteiger partial charge < -0.3 is 0 Å². The predicted octanol–water partition coefficient (Wildman–Crippen LogP) is 2.75. The zero-order valence-corrected chi connectivity index (χ0v) is 11.2. The van der Waals surface area contributed by atoms with Crippen molar-refractivity contribution >= 4 is 11.6 Å². The van der Waals surface area contributed by atoms with Crippen molar-refractivity contribution in [2.75, 3.05) is 0 Å². The van der Waals surface area contributed by atoms with Crippen LogP contribution in [0.5, 0.6) is 0 Å². The Balaban J connectivity index is 2.50. The van der Waals surface area contributed by atoms with E-state index in [1.807, 2.05) is 12.1 Å². The van der Waals surface area contributed by atoms with Gasteiger partial charge in [-0.25, -0.2) is 4.68 Å². The Bertz CT molecular complexity index is 602. The van der Waals surface area contributed by atoms with Gasteiger partial charge in [0.1, 0.15) is 0 Å². The van der Waals surface area contributed by atoms with Crippen molar-refractivity contribution in [3.63, 3.8) is 0 Å². The maximum absolute atomic E-state index is 11.7. The molecule has 0 atom stereocenters. The van der Waals surface area contributed by atoms with Crippen LogP contribution in [0.4, 0.5) is 0 Å². The molecule has 0 unspecified atom stereocenters. The van der Waals surface area contributed by atoms with Crippen LogP contribution in [-0.2, 0) is 19.3 Å². The lowest BCUT2D eigenvalue weighted by molar-refractivity contribution is 0.704. The van der Waals surface area contributed by atoms with Gasteiger partial charge in [-0.1, -0.05) is 31.2 Å². The summed E-state index contributed by atoms with van der Waals surface area (Å²) < 4.78 is 1.33. The molecule has 2 rings (SSSR count). The highest BCUT2D eigenvalue weighted by Gasteiger charge is 2.07. The first kappa shape index (κ1) is 12.8. The van der Waals surface area contributed by atoms with Crippen molar-refractivity contribution in [1.29, 1.82) is 0 Å². The molecule has 0 aliphatic heterocycles. The second kappa shape index (κ2) is 5.36. The van der Waals surface area contributed by atoms with E-state index in [2.05, 4.69) is 24.2 Å². The summed E-state index contributed by atoms with van der Waals surface area (Å²) in [6.45, 7) is 2.12. The number of benzene rings is 1. The predicted molar refractivity (Wildman–Crippen MR) is 73.8 cm³/mol. The highest BCUT2D eigenvalue weighted by molar-refractivity contribution is 6.17. The molecule has 94 valence electrons. The normalized spacial score (nSPS) is 10.6. The Labute approximate surface area is 111 Å². The summed E-state index contributed by atoms with van der Waals surface area (Å²) in [6, 6.07) is 9.94. The van der Waals surface area contributed by atoms with Crippen molar-refractivity contribution in [3.8, 4) is 11.3 Å². The van der Waals surface area contributed by atoms with E-state index in [0.717, 1.165) is 17.7 Å². The van der Waals surface area contributed by atoms with Crippen molar-refractivity contribution in [2.45, 2.75) is 19.2 Å². The van der Waals surface area contributed by atoms with Crippen molar-refractivity contribution in [3.05, 3.63) is 51.8 Å². The highest BCUT2D eigenvalue weighted by Crippen LogP contribution is 2.18. The van der Waals surface area contributed by atoms with Crippen LogP contribution in [0.25, 0.3) is 11.3 Å². The van der Waals surface area contributed by atoms with Crippen LogP contribution in [0, 0.1) is 0 Å². The third-order valence-electron chi connectivity index (χ3n) is 2.94. The molecule has 1 aromatic heterocycles. The van der Waals surface area contributed by atoms with Gasteiger partial charge in [0.25, 0.3) is 5.56 Å². The molecule has 3 nitrogen and oxygen atoms in total. The Morgan fingerprint density at radius 3 is 2.50 bits per heavy atom. The fourth-order valence-corrected chi connectivity index (χ4v) is 2.01. The number of hydrogen-bond donors (Lipinski definition) is 0. The minimum Gasteiger partial charge on any atom is -0.267 e. The van der Waals surface area contributed by atoms with Gasteiger partial charge in [-0.2, -0.15) is 5.10 Å². The van der Waals surface area contributed by atoms with Crippen molar-refractivity contribution in [2.24, 2.45) is 7.05 Å². The lowest BCUT2D eigenvalue weighted by atomic mass is 10.1. The fraction of sp³-hybridized carbons (Fsp3) is 0.286.